The van der Waals surface area contributed by atoms with Crippen molar-refractivity contribution in [2.24, 2.45) is 0 Å². The summed E-state index contributed by atoms with van der Waals surface area (Å²) < 4.78 is 50.8. The number of anilines is 1. The normalized spacial score (nSPS) is 10.8. The molecule has 33 heavy (non-hydrogen) atoms. The lowest BCUT2D eigenvalue weighted by atomic mass is 10.1. The smallest absolute Gasteiger partial charge is 0.344 e. The highest BCUT2D eigenvalue weighted by Gasteiger charge is 2.19. The summed E-state index contributed by atoms with van der Waals surface area (Å²) in [6.07, 6.45) is 0. The average Bonchev–Trinajstić information content (AvgIpc) is 3.22. The number of nitrogens with zero attached hydrogens (tertiary/aromatic N) is 1. The van der Waals surface area contributed by atoms with E-state index in [0.29, 0.717) is 5.75 Å². The van der Waals surface area contributed by atoms with E-state index in [4.69, 9.17) is 9.47 Å². The van der Waals surface area contributed by atoms with Crippen LogP contribution in [0.5, 0.6) is 5.75 Å². The summed E-state index contributed by atoms with van der Waals surface area (Å²) in [5, 5.41) is 2.20. The van der Waals surface area contributed by atoms with Crippen molar-refractivity contribution in [1.29, 1.82) is 0 Å². The van der Waals surface area contributed by atoms with Crippen LogP contribution in [0, 0.1) is 17.5 Å². The van der Waals surface area contributed by atoms with Crippen LogP contribution in [-0.4, -0.2) is 30.1 Å². The number of halogens is 3. The van der Waals surface area contributed by atoms with Crippen LogP contribution < -0.4 is 10.1 Å². The Bertz CT molecular complexity index is 1330. The average molecular weight is 472 g/mol. The van der Waals surface area contributed by atoms with Gasteiger partial charge in [0.2, 0.25) is 0 Å². The molecule has 0 bridgehead atoms. The lowest BCUT2D eigenvalue weighted by molar-refractivity contribution is -0.149. The molecule has 1 N–H and O–H groups in total. The molecule has 0 radical (unpaired) electrons. The van der Waals surface area contributed by atoms with E-state index in [-0.39, 0.29) is 9.83 Å². The molecule has 0 unspecified atom stereocenters. The Hall–Kier alpha value is -3.92. The van der Waals surface area contributed by atoms with E-state index in [1.807, 2.05) is 42.5 Å². The highest BCUT2D eigenvalue weighted by molar-refractivity contribution is 7.22. The van der Waals surface area contributed by atoms with Crippen molar-refractivity contribution in [2.75, 3.05) is 18.5 Å². The van der Waals surface area contributed by atoms with Gasteiger partial charge in [0, 0.05) is 5.56 Å². The minimum atomic E-state index is -1.64. The molecule has 6 nitrogen and oxygen atoms in total. The zero-order valence-electron chi connectivity index (χ0n) is 16.8. The van der Waals surface area contributed by atoms with Crippen LogP contribution in [0.4, 0.5) is 18.3 Å². The van der Waals surface area contributed by atoms with E-state index in [1.54, 1.807) is 12.1 Å². The number of para-hydroxylation sites is 1. The zero-order chi connectivity index (χ0) is 23.4. The van der Waals surface area contributed by atoms with Gasteiger partial charge in [-0.05, 0) is 17.7 Å². The molecule has 0 fully saturated rings. The van der Waals surface area contributed by atoms with Crippen molar-refractivity contribution in [3.63, 3.8) is 0 Å². The third-order valence-corrected chi connectivity index (χ3v) is 5.37. The fraction of sp³-hybridized carbons (Fsp3) is 0.0870. The molecule has 4 aromatic rings. The van der Waals surface area contributed by atoms with Gasteiger partial charge >= 0.3 is 5.97 Å². The SMILES string of the molecule is O=C(COC(=O)COc1ccccc1-c1ccccc1)Nc1nc2c(F)c(F)c(F)cc2s1. The predicted octanol–water partition coefficient (Wildman–Crippen LogP) is 4.94. The number of thiazole rings is 1. The Kier molecular flexibility index (Phi) is 6.55. The molecule has 1 aromatic heterocycles. The minimum Gasteiger partial charge on any atom is -0.481 e. The number of hydrogen-bond donors (Lipinski definition) is 1. The number of aromatic nitrogens is 1. The van der Waals surface area contributed by atoms with Crippen molar-refractivity contribution in [2.45, 2.75) is 0 Å². The van der Waals surface area contributed by atoms with Gasteiger partial charge in [0.25, 0.3) is 5.91 Å². The third-order valence-electron chi connectivity index (χ3n) is 4.45. The number of esters is 1. The Labute approximate surface area is 189 Å². The Morgan fingerprint density at radius 2 is 1.67 bits per heavy atom. The first-order valence-electron chi connectivity index (χ1n) is 9.59. The van der Waals surface area contributed by atoms with Crippen LogP contribution in [-0.2, 0) is 14.3 Å². The van der Waals surface area contributed by atoms with E-state index < -0.39 is 48.1 Å². The number of rotatable bonds is 7. The molecule has 0 atom stereocenters. The van der Waals surface area contributed by atoms with E-state index >= 15 is 0 Å². The van der Waals surface area contributed by atoms with E-state index in [9.17, 15) is 22.8 Å². The van der Waals surface area contributed by atoms with Gasteiger partial charge in [-0.1, -0.05) is 59.9 Å². The summed E-state index contributed by atoms with van der Waals surface area (Å²) in [6, 6.07) is 17.4. The van der Waals surface area contributed by atoms with Crippen molar-refractivity contribution >= 4 is 38.6 Å². The summed E-state index contributed by atoms with van der Waals surface area (Å²) in [4.78, 5) is 27.8. The molecule has 0 aliphatic rings. The quantitative estimate of drug-likeness (QED) is 0.305. The van der Waals surface area contributed by atoms with Crippen molar-refractivity contribution < 1.29 is 32.2 Å². The first kappa shape index (κ1) is 22.3. The van der Waals surface area contributed by atoms with Gasteiger partial charge in [-0.25, -0.2) is 22.9 Å². The fourth-order valence-electron chi connectivity index (χ4n) is 2.96. The molecular formula is C23H15F3N2O4S. The van der Waals surface area contributed by atoms with E-state index in [0.717, 1.165) is 28.5 Å². The zero-order valence-corrected chi connectivity index (χ0v) is 17.6. The molecular weight excluding hydrogens is 457 g/mol. The molecule has 0 spiro atoms. The van der Waals surface area contributed by atoms with Crippen LogP contribution in [0.2, 0.25) is 0 Å². The highest BCUT2D eigenvalue weighted by Crippen LogP contribution is 2.31. The van der Waals surface area contributed by atoms with Gasteiger partial charge in [0.15, 0.2) is 35.8 Å². The van der Waals surface area contributed by atoms with Crippen molar-refractivity contribution in [3.05, 3.63) is 78.1 Å². The summed E-state index contributed by atoms with van der Waals surface area (Å²) >= 11 is 0.749. The number of hydrogen-bond acceptors (Lipinski definition) is 6. The van der Waals surface area contributed by atoms with Crippen LogP contribution in [0.3, 0.4) is 0 Å². The molecule has 168 valence electrons. The number of nitrogens with one attached hydrogen (secondary N) is 1. The van der Waals surface area contributed by atoms with Crippen LogP contribution >= 0.6 is 11.3 Å². The molecule has 1 heterocycles. The standard InChI is InChI=1S/C23H15F3N2O4S/c24-15-10-17-22(21(26)20(15)25)28-23(33-17)27-18(29)11-32-19(30)12-31-16-9-5-4-8-14(16)13-6-2-1-3-7-13/h1-10H,11-12H2,(H,27,28,29). The second-order valence-electron chi connectivity index (χ2n) is 6.71. The minimum absolute atomic E-state index is 0.0178. The topological polar surface area (TPSA) is 77.5 Å². The molecule has 4 rings (SSSR count). The number of carbonyl (C=O) groups excluding carboxylic acids is 2. The maximum absolute atomic E-state index is 13.8. The van der Waals surface area contributed by atoms with Crippen LogP contribution in [0.25, 0.3) is 21.3 Å². The Balaban J connectivity index is 1.32. The molecule has 3 aromatic carbocycles. The number of ether oxygens (including phenoxy) is 2. The van der Waals surface area contributed by atoms with Crippen molar-refractivity contribution in [3.8, 4) is 16.9 Å². The first-order valence-corrected chi connectivity index (χ1v) is 10.4. The number of carbonyl (C=O) groups is 2. The number of amides is 1. The largest absolute Gasteiger partial charge is 0.481 e. The molecule has 10 heteroatoms. The second kappa shape index (κ2) is 9.70. The van der Waals surface area contributed by atoms with Gasteiger partial charge in [0.05, 0.1) is 4.70 Å². The Morgan fingerprint density at radius 3 is 2.45 bits per heavy atom. The van der Waals surface area contributed by atoms with Gasteiger partial charge < -0.3 is 9.47 Å². The van der Waals surface area contributed by atoms with Gasteiger partial charge in [-0.3, -0.25) is 10.1 Å². The summed E-state index contributed by atoms with van der Waals surface area (Å²) in [5.74, 6) is -5.51. The van der Waals surface area contributed by atoms with Gasteiger partial charge in [0.1, 0.15) is 11.3 Å². The molecule has 0 aliphatic heterocycles. The monoisotopic (exact) mass is 472 g/mol. The Morgan fingerprint density at radius 1 is 0.939 bits per heavy atom. The van der Waals surface area contributed by atoms with Crippen LogP contribution in [0.1, 0.15) is 0 Å². The summed E-state index contributed by atoms with van der Waals surface area (Å²) in [5.41, 5.74) is 1.30. The van der Waals surface area contributed by atoms with Crippen molar-refractivity contribution in [1.82, 2.24) is 4.98 Å². The van der Waals surface area contributed by atoms with Crippen LogP contribution in [0.15, 0.2) is 60.7 Å². The lowest BCUT2D eigenvalue weighted by Crippen LogP contribution is -2.23. The second-order valence-corrected chi connectivity index (χ2v) is 7.74. The number of fused-ring (bicyclic) bond motifs is 1. The molecule has 0 saturated carbocycles. The molecule has 1 amide bonds. The van der Waals surface area contributed by atoms with E-state index in [2.05, 4.69) is 10.3 Å². The maximum atomic E-state index is 13.8. The molecule has 0 saturated heterocycles. The highest BCUT2D eigenvalue weighted by atomic mass is 32.1. The predicted molar refractivity (Wildman–Crippen MR) is 116 cm³/mol. The fourth-order valence-corrected chi connectivity index (χ4v) is 3.86. The molecule has 0 aliphatic carbocycles. The van der Waals surface area contributed by atoms with E-state index in [1.165, 1.54) is 0 Å². The third kappa shape index (κ3) is 5.12. The summed E-state index contributed by atoms with van der Waals surface area (Å²) in [7, 11) is 0. The first-order chi connectivity index (χ1) is 15.9. The summed E-state index contributed by atoms with van der Waals surface area (Å²) in [6.45, 7) is -1.08. The number of benzene rings is 3. The van der Waals surface area contributed by atoms with Gasteiger partial charge in [-0.2, -0.15) is 0 Å². The van der Waals surface area contributed by atoms with Gasteiger partial charge in [-0.15, -0.1) is 0 Å². The maximum Gasteiger partial charge on any atom is 0.344 e. The lowest BCUT2D eigenvalue weighted by Gasteiger charge is -2.11.